The molecule has 1 fully saturated rings. The lowest BCUT2D eigenvalue weighted by Gasteiger charge is -2.35. The highest BCUT2D eigenvalue weighted by molar-refractivity contribution is 6.42. The Hall–Kier alpha value is -0.810. The molecule has 3 N–H and O–H groups in total. The van der Waals surface area contributed by atoms with E-state index in [1.165, 1.54) is 0 Å². The predicted octanol–water partition coefficient (Wildman–Crippen LogP) is 1.64. The fraction of sp³-hybridized carbons (Fsp3) is 0.462. The lowest BCUT2D eigenvalue weighted by Crippen LogP contribution is -2.52. The second kappa shape index (κ2) is 6.57. The number of piperazine rings is 1. The molecule has 1 atom stereocenters. The van der Waals surface area contributed by atoms with E-state index in [1.54, 1.807) is 6.07 Å². The number of primary amides is 1. The number of carbonyl (C=O) groups is 1. The standard InChI is InChI=1S/C13H17Cl2N3O/c14-11-2-1-9(5-12(11)15)8-18-4-3-17-7-10(18)6-13(16)19/h1-2,5,10,17H,3-4,6-8H2,(H2,16,19). The molecule has 1 amide bonds. The van der Waals surface area contributed by atoms with Crippen LogP contribution in [0.15, 0.2) is 18.2 Å². The van der Waals surface area contributed by atoms with Crippen LogP contribution in [0, 0.1) is 0 Å². The first-order chi connectivity index (χ1) is 9.06. The molecule has 1 aliphatic heterocycles. The Labute approximate surface area is 122 Å². The summed E-state index contributed by atoms with van der Waals surface area (Å²) in [6.07, 6.45) is 0.369. The number of hydrogen-bond acceptors (Lipinski definition) is 3. The van der Waals surface area contributed by atoms with Gasteiger partial charge in [0.05, 0.1) is 10.0 Å². The van der Waals surface area contributed by atoms with Crippen molar-refractivity contribution in [1.82, 2.24) is 10.2 Å². The van der Waals surface area contributed by atoms with E-state index in [1.807, 2.05) is 12.1 Å². The van der Waals surface area contributed by atoms with Gasteiger partial charge < -0.3 is 11.1 Å². The summed E-state index contributed by atoms with van der Waals surface area (Å²) in [4.78, 5) is 13.3. The van der Waals surface area contributed by atoms with Gasteiger partial charge in [-0.1, -0.05) is 29.3 Å². The molecule has 0 aliphatic carbocycles. The Morgan fingerprint density at radius 2 is 2.21 bits per heavy atom. The largest absolute Gasteiger partial charge is 0.370 e. The number of hydrogen-bond donors (Lipinski definition) is 2. The second-order valence-corrected chi connectivity index (χ2v) is 5.56. The van der Waals surface area contributed by atoms with Crippen molar-refractivity contribution in [2.75, 3.05) is 19.6 Å². The third kappa shape index (κ3) is 4.08. The molecule has 1 aromatic carbocycles. The summed E-state index contributed by atoms with van der Waals surface area (Å²) < 4.78 is 0. The van der Waals surface area contributed by atoms with Crippen LogP contribution < -0.4 is 11.1 Å². The van der Waals surface area contributed by atoms with Gasteiger partial charge in [0.25, 0.3) is 0 Å². The molecule has 0 spiro atoms. The fourth-order valence-electron chi connectivity index (χ4n) is 2.32. The summed E-state index contributed by atoms with van der Waals surface area (Å²) in [5, 5.41) is 4.39. The first kappa shape index (κ1) is 14.6. The van der Waals surface area contributed by atoms with Gasteiger partial charge in [0.2, 0.25) is 5.91 Å². The van der Waals surface area contributed by atoms with Crippen LogP contribution in [0.25, 0.3) is 0 Å². The molecule has 0 saturated carbocycles. The molecule has 1 aromatic rings. The molecule has 1 unspecified atom stereocenters. The third-order valence-corrected chi connectivity index (χ3v) is 4.02. The van der Waals surface area contributed by atoms with Gasteiger partial charge in [-0.2, -0.15) is 0 Å². The molecule has 1 saturated heterocycles. The number of benzene rings is 1. The Morgan fingerprint density at radius 3 is 2.89 bits per heavy atom. The number of nitrogens with one attached hydrogen (secondary N) is 1. The van der Waals surface area contributed by atoms with Crippen molar-refractivity contribution in [1.29, 1.82) is 0 Å². The smallest absolute Gasteiger partial charge is 0.219 e. The number of amides is 1. The lowest BCUT2D eigenvalue weighted by atomic mass is 10.1. The van der Waals surface area contributed by atoms with Crippen molar-refractivity contribution < 1.29 is 4.79 Å². The molecule has 1 aliphatic rings. The molecule has 0 aromatic heterocycles. The van der Waals surface area contributed by atoms with E-state index in [0.29, 0.717) is 16.5 Å². The number of nitrogens with two attached hydrogens (primary N) is 1. The summed E-state index contributed by atoms with van der Waals surface area (Å²) in [5.41, 5.74) is 6.38. The minimum absolute atomic E-state index is 0.140. The molecule has 2 rings (SSSR count). The van der Waals surface area contributed by atoms with E-state index in [9.17, 15) is 4.79 Å². The van der Waals surface area contributed by atoms with E-state index >= 15 is 0 Å². The summed E-state index contributed by atoms with van der Waals surface area (Å²) in [7, 11) is 0. The van der Waals surface area contributed by atoms with Crippen LogP contribution in [-0.2, 0) is 11.3 Å². The molecule has 4 nitrogen and oxygen atoms in total. The molecule has 6 heteroatoms. The van der Waals surface area contributed by atoms with Gasteiger partial charge in [-0.15, -0.1) is 0 Å². The molecule has 104 valence electrons. The summed E-state index contributed by atoms with van der Waals surface area (Å²) in [6, 6.07) is 5.76. The van der Waals surface area contributed by atoms with Crippen LogP contribution in [0.3, 0.4) is 0 Å². The Kier molecular flexibility index (Phi) is 5.05. The van der Waals surface area contributed by atoms with Crippen LogP contribution in [0.2, 0.25) is 10.0 Å². The number of nitrogens with zero attached hydrogens (tertiary/aromatic N) is 1. The highest BCUT2D eigenvalue weighted by Crippen LogP contribution is 2.24. The van der Waals surface area contributed by atoms with E-state index < -0.39 is 0 Å². The first-order valence-electron chi connectivity index (χ1n) is 6.23. The molecule has 0 radical (unpaired) electrons. The van der Waals surface area contributed by atoms with E-state index in [2.05, 4.69) is 10.2 Å². The molecule has 19 heavy (non-hydrogen) atoms. The van der Waals surface area contributed by atoms with Gasteiger partial charge in [-0.3, -0.25) is 9.69 Å². The zero-order chi connectivity index (χ0) is 13.8. The van der Waals surface area contributed by atoms with Crippen LogP contribution >= 0.6 is 23.2 Å². The minimum atomic E-state index is -0.271. The minimum Gasteiger partial charge on any atom is -0.370 e. The van der Waals surface area contributed by atoms with Crippen molar-refractivity contribution in [3.63, 3.8) is 0 Å². The maximum Gasteiger partial charge on any atom is 0.219 e. The Bertz CT molecular complexity index is 467. The second-order valence-electron chi connectivity index (χ2n) is 4.75. The van der Waals surface area contributed by atoms with Crippen LogP contribution in [0.1, 0.15) is 12.0 Å². The highest BCUT2D eigenvalue weighted by Gasteiger charge is 2.23. The normalized spacial score (nSPS) is 20.4. The lowest BCUT2D eigenvalue weighted by molar-refractivity contribution is -0.119. The molecule has 0 bridgehead atoms. The van der Waals surface area contributed by atoms with Crippen molar-refractivity contribution in [2.24, 2.45) is 5.73 Å². The first-order valence-corrected chi connectivity index (χ1v) is 6.99. The van der Waals surface area contributed by atoms with Gasteiger partial charge in [-0.25, -0.2) is 0 Å². The Balaban J connectivity index is 2.06. The molecular formula is C13H17Cl2N3O. The predicted molar refractivity (Wildman–Crippen MR) is 77.3 cm³/mol. The molecular weight excluding hydrogens is 285 g/mol. The molecule has 1 heterocycles. The van der Waals surface area contributed by atoms with Gasteiger partial charge >= 0.3 is 0 Å². The number of carbonyl (C=O) groups excluding carboxylic acids is 1. The topological polar surface area (TPSA) is 58.4 Å². The van der Waals surface area contributed by atoms with Crippen LogP contribution in [0.5, 0.6) is 0 Å². The summed E-state index contributed by atoms with van der Waals surface area (Å²) >= 11 is 11.9. The van der Waals surface area contributed by atoms with Crippen molar-refractivity contribution in [2.45, 2.75) is 19.0 Å². The zero-order valence-electron chi connectivity index (χ0n) is 10.5. The maximum absolute atomic E-state index is 11.1. The van der Waals surface area contributed by atoms with Gasteiger partial charge in [0.1, 0.15) is 0 Å². The van der Waals surface area contributed by atoms with Gasteiger partial charge in [0, 0.05) is 38.6 Å². The number of rotatable bonds is 4. The van der Waals surface area contributed by atoms with Crippen LogP contribution in [-0.4, -0.2) is 36.5 Å². The third-order valence-electron chi connectivity index (χ3n) is 3.28. The van der Waals surface area contributed by atoms with E-state index in [4.69, 9.17) is 28.9 Å². The van der Waals surface area contributed by atoms with Crippen molar-refractivity contribution >= 4 is 29.1 Å². The summed E-state index contributed by atoms with van der Waals surface area (Å²) in [5.74, 6) is -0.271. The van der Waals surface area contributed by atoms with E-state index in [-0.39, 0.29) is 11.9 Å². The number of halogens is 2. The summed E-state index contributed by atoms with van der Waals surface area (Å²) in [6.45, 7) is 3.33. The van der Waals surface area contributed by atoms with Gasteiger partial charge in [0.15, 0.2) is 0 Å². The van der Waals surface area contributed by atoms with Crippen molar-refractivity contribution in [3.8, 4) is 0 Å². The van der Waals surface area contributed by atoms with Crippen LogP contribution in [0.4, 0.5) is 0 Å². The average molecular weight is 302 g/mol. The zero-order valence-corrected chi connectivity index (χ0v) is 12.0. The Morgan fingerprint density at radius 1 is 1.42 bits per heavy atom. The maximum atomic E-state index is 11.1. The average Bonchev–Trinajstić information content (AvgIpc) is 2.36. The highest BCUT2D eigenvalue weighted by atomic mass is 35.5. The van der Waals surface area contributed by atoms with E-state index in [0.717, 1.165) is 31.7 Å². The van der Waals surface area contributed by atoms with Crippen molar-refractivity contribution in [3.05, 3.63) is 33.8 Å². The van der Waals surface area contributed by atoms with Gasteiger partial charge in [-0.05, 0) is 17.7 Å². The monoisotopic (exact) mass is 301 g/mol. The SMILES string of the molecule is NC(=O)CC1CNCCN1Cc1ccc(Cl)c(Cl)c1. The fourth-order valence-corrected chi connectivity index (χ4v) is 2.64. The quantitative estimate of drug-likeness (QED) is 0.889.